The van der Waals surface area contributed by atoms with Crippen molar-refractivity contribution in [2.24, 2.45) is 13.0 Å². The van der Waals surface area contributed by atoms with Crippen LogP contribution in [0.25, 0.3) is 11.1 Å². The highest BCUT2D eigenvalue weighted by atomic mass is 16.5. The number of hydrogen-bond acceptors (Lipinski definition) is 3. The molecule has 0 unspecified atom stereocenters. The molecule has 0 bridgehead atoms. The van der Waals surface area contributed by atoms with E-state index in [1.807, 2.05) is 42.3 Å². The number of carbonyl (C=O) groups excluding carboxylic acids is 1. The lowest BCUT2D eigenvalue weighted by Gasteiger charge is -2.33. The van der Waals surface area contributed by atoms with Gasteiger partial charge in [0.2, 0.25) is 0 Å². The number of hydrogen-bond donors (Lipinski definition) is 1. The van der Waals surface area contributed by atoms with Gasteiger partial charge in [-0.15, -0.1) is 0 Å². The zero-order valence-corrected chi connectivity index (χ0v) is 15.9. The van der Waals surface area contributed by atoms with Crippen molar-refractivity contribution in [2.75, 3.05) is 25.0 Å². The van der Waals surface area contributed by atoms with Gasteiger partial charge in [0.05, 0.1) is 12.3 Å². The lowest BCUT2D eigenvalue weighted by Crippen LogP contribution is -2.44. The number of nitrogens with zero attached hydrogens (tertiary/aromatic N) is 3. The van der Waals surface area contributed by atoms with Crippen LogP contribution in [0.4, 0.5) is 10.6 Å². The molecule has 144 valence electrons. The number of anilines is 1. The molecule has 1 saturated carbocycles. The maximum atomic E-state index is 13.1. The number of benzene rings is 1. The van der Waals surface area contributed by atoms with Gasteiger partial charge >= 0.3 is 6.03 Å². The molecule has 1 aliphatic carbocycles. The van der Waals surface area contributed by atoms with Crippen molar-refractivity contribution < 1.29 is 9.53 Å². The first kappa shape index (κ1) is 18.0. The molecule has 4 rings (SSSR count). The van der Waals surface area contributed by atoms with E-state index in [9.17, 15) is 4.79 Å². The molecule has 1 N–H and O–H groups in total. The molecule has 1 atom stereocenters. The van der Waals surface area contributed by atoms with Crippen molar-refractivity contribution in [3.8, 4) is 11.1 Å². The standard InChI is InChI=1S/C21H28N4O2/c1-24-20(19(13-22-24)17-9-3-2-4-10-17)23-21(26)25(14-16-7-5-8-16)15-18-11-6-12-27-18/h2-4,9-10,13,16,18H,5-8,11-12,14-15H2,1H3,(H,23,26)/t18-/m0/s1. The Morgan fingerprint density at radius 2 is 2.04 bits per heavy atom. The van der Waals surface area contributed by atoms with Gasteiger partial charge < -0.3 is 9.64 Å². The second-order valence-electron chi connectivity index (χ2n) is 7.66. The first-order valence-electron chi connectivity index (χ1n) is 9.95. The van der Waals surface area contributed by atoms with Crippen LogP contribution in [0.2, 0.25) is 0 Å². The minimum absolute atomic E-state index is 0.0572. The second-order valence-corrected chi connectivity index (χ2v) is 7.66. The average Bonchev–Trinajstić information content (AvgIpc) is 3.28. The molecule has 1 aromatic carbocycles. The Morgan fingerprint density at radius 1 is 1.22 bits per heavy atom. The van der Waals surface area contributed by atoms with E-state index >= 15 is 0 Å². The minimum atomic E-state index is -0.0572. The molecule has 27 heavy (non-hydrogen) atoms. The summed E-state index contributed by atoms with van der Waals surface area (Å²) in [6.07, 6.45) is 7.81. The summed E-state index contributed by atoms with van der Waals surface area (Å²) in [6.45, 7) is 2.29. The van der Waals surface area contributed by atoms with Gasteiger partial charge in [0.25, 0.3) is 0 Å². The first-order chi connectivity index (χ1) is 13.2. The molecule has 1 aromatic heterocycles. The van der Waals surface area contributed by atoms with Crippen molar-refractivity contribution >= 4 is 11.8 Å². The van der Waals surface area contributed by atoms with E-state index < -0.39 is 0 Å². The van der Waals surface area contributed by atoms with E-state index in [2.05, 4.69) is 10.4 Å². The number of ether oxygens (including phenoxy) is 1. The van der Waals surface area contributed by atoms with Crippen molar-refractivity contribution in [1.82, 2.24) is 14.7 Å². The fourth-order valence-corrected chi connectivity index (χ4v) is 3.86. The van der Waals surface area contributed by atoms with Crippen LogP contribution in [0.3, 0.4) is 0 Å². The number of aryl methyl sites for hydroxylation is 1. The topological polar surface area (TPSA) is 59.4 Å². The summed E-state index contributed by atoms with van der Waals surface area (Å²) in [6, 6.07) is 9.98. The van der Waals surface area contributed by atoms with Gasteiger partial charge in [-0.3, -0.25) is 10.00 Å². The van der Waals surface area contributed by atoms with Crippen LogP contribution < -0.4 is 5.32 Å². The molecule has 0 spiro atoms. The van der Waals surface area contributed by atoms with Crippen LogP contribution in [0.1, 0.15) is 32.1 Å². The van der Waals surface area contributed by atoms with E-state index in [-0.39, 0.29) is 12.1 Å². The smallest absolute Gasteiger partial charge is 0.323 e. The van der Waals surface area contributed by atoms with E-state index in [1.54, 1.807) is 10.9 Å². The maximum absolute atomic E-state index is 13.1. The molecule has 1 saturated heterocycles. The van der Waals surface area contributed by atoms with Crippen molar-refractivity contribution in [3.63, 3.8) is 0 Å². The highest BCUT2D eigenvalue weighted by Crippen LogP contribution is 2.30. The monoisotopic (exact) mass is 368 g/mol. The molecular formula is C21H28N4O2. The molecule has 2 fully saturated rings. The lowest BCUT2D eigenvalue weighted by atomic mass is 9.85. The Hall–Kier alpha value is -2.34. The van der Waals surface area contributed by atoms with Crippen LogP contribution in [-0.2, 0) is 11.8 Å². The molecule has 2 aliphatic rings. The Balaban J connectivity index is 1.50. The van der Waals surface area contributed by atoms with Crippen molar-refractivity contribution in [3.05, 3.63) is 36.5 Å². The molecule has 1 aliphatic heterocycles. The maximum Gasteiger partial charge on any atom is 0.323 e. The zero-order chi connectivity index (χ0) is 18.6. The lowest BCUT2D eigenvalue weighted by molar-refractivity contribution is 0.0748. The fraction of sp³-hybridized carbons (Fsp3) is 0.524. The number of urea groups is 1. The number of rotatable bonds is 6. The molecule has 2 heterocycles. The second kappa shape index (κ2) is 8.13. The van der Waals surface area contributed by atoms with E-state index in [4.69, 9.17) is 4.74 Å². The normalized spacial score (nSPS) is 19.7. The van der Waals surface area contributed by atoms with Crippen LogP contribution in [0.5, 0.6) is 0 Å². The van der Waals surface area contributed by atoms with Crippen LogP contribution in [0.15, 0.2) is 36.5 Å². The Bertz CT molecular complexity index is 764. The van der Waals surface area contributed by atoms with Gasteiger partial charge in [0.15, 0.2) is 0 Å². The largest absolute Gasteiger partial charge is 0.376 e. The Kier molecular flexibility index (Phi) is 5.43. The summed E-state index contributed by atoms with van der Waals surface area (Å²) in [5, 5.41) is 7.47. The van der Waals surface area contributed by atoms with E-state index in [1.165, 1.54) is 19.3 Å². The summed E-state index contributed by atoms with van der Waals surface area (Å²) in [5.74, 6) is 1.36. The van der Waals surface area contributed by atoms with Crippen molar-refractivity contribution in [2.45, 2.75) is 38.2 Å². The molecule has 6 nitrogen and oxygen atoms in total. The SMILES string of the molecule is Cn1ncc(-c2ccccc2)c1NC(=O)N(CC1CCC1)C[C@@H]1CCCO1. The van der Waals surface area contributed by atoms with Crippen LogP contribution in [-0.4, -0.2) is 46.5 Å². The quantitative estimate of drug-likeness (QED) is 0.841. The summed E-state index contributed by atoms with van der Waals surface area (Å²) in [7, 11) is 1.86. The van der Waals surface area contributed by atoms with Gasteiger partial charge in [0, 0.05) is 32.3 Å². The fourth-order valence-electron chi connectivity index (χ4n) is 3.86. The van der Waals surface area contributed by atoms with Crippen LogP contribution in [0, 0.1) is 5.92 Å². The number of nitrogens with one attached hydrogen (secondary N) is 1. The minimum Gasteiger partial charge on any atom is -0.376 e. The van der Waals surface area contributed by atoms with Gasteiger partial charge in [-0.05, 0) is 37.2 Å². The predicted molar refractivity (Wildman–Crippen MR) is 106 cm³/mol. The number of amides is 2. The predicted octanol–water partition coefficient (Wildman–Crippen LogP) is 3.90. The first-order valence-corrected chi connectivity index (χ1v) is 9.95. The van der Waals surface area contributed by atoms with Gasteiger partial charge in [0.1, 0.15) is 5.82 Å². The third kappa shape index (κ3) is 4.16. The molecular weight excluding hydrogens is 340 g/mol. The summed E-state index contributed by atoms with van der Waals surface area (Å²) >= 11 is 0. The number of carbonyl (C=O) groups is 1. The summed E-state index contributed by atoms with van der Waals surface area (Å²) in [4.78, 5) is 15.1. The highest BCUT2D eigenvalue weighted by molar-refractivity contribution is 5.93. The van der Waals surface area contributed by atoms with E-state index in [0.717, 1.165) is 42.9 Å². The summed E-state index contributed by atoms with van der Waals surface area (Å²) in [5.41, 5.74) is 1.98. The van der Waals surface area contributed by atoms with Gasteiger partial charge in [-0.25, -0.2) is 4.79 Å². The molecule has 2 amide bonds. The molecule has 0 radical (unpaired) electrons. The zero-order valence-electron chi connectivity index (χ0n) is 15.9. The third-order valence-electron chi connectivity index (χ3n) is 5.69. The van der Waals surface area contributed by atoms with Gasteiger partial charge in [-0.1, -0.05) is 36.8 Å². The highest BCUT2D eigenvalue weighted by Gasteiger charge is 2.28. The number of aromatic nitrogens is 2. The molecule has 2 aromatic rings. The third-order valence-corrected chi connectivity index (χ3v) is 5.69. The van der Waals surface area contributed by atoms with Gasteiger partial charge in [-0.2, -0.15) is 5.10 Å². The van der Waals surface area contributed by atoms with Crippen molar-refractivity contribution in [1.29, 1.82) is 0 Å². The van der Waals surface area contributed by atoms with Crippen LogP contribution >= 0.6 is 0 Å². The Morgan fingerprint density at radius 3 is 2.70 bits per heavy atom. The average molecular weight is 368 g/mol. The summed E-state index contributed by atoms with van der Waals surface area (Å²) < 4.78 is 7.51. The Labute approximate surface area is 160 Å². The molecule has 6 heteroatoms. The van der Waals surface area contributed by atoms with E-state index in [0.29, 0.717) is 12.5 Å².